The number of hydrogen-bond acceptors (Lipinski definition) is 6. The lowest BCUT2D eigenvalue weighted by atomic mass is 10.2. The molecule has 0 saturated carbocycles. The fourth-order valence-corrected chi connectivity index (χ4v) is 3.79. The van der Waals surface area contributed by atoms with Gasteiger partial charge in [0.1, 0.15) is 12.4 Å². The molecule has 2 aromatic heterocycles. The van der Waals surface area contributed by atoms with Crippen LogP contribution in [0.5, 0.6) is 11.5 Å². The summed E-state index contributed by atoms with van der Waals surface area (Å²) in [4.78, 5) is 17.5. The SMILES string of the molecule is O=c1/c(=C\c2cccc(F)c2)sc2nc([C@H]3COc4ccccc4O3)nn12. The lowest BCUT2D eigenvalue weighted by molar-refractivity contribution is 0.0852. The first kappa shape index (κ1) is 16.0. The largest absolute Gasteiger partial charge is 0.485 e. The molecule has 0 saturated heterocycles. The van der Waals surface area contributed by atoms with Crippen molar-refractivity contribution in [3.8, 4) is 11.5 Å². The molecule has 0 aliphatic carbocycles. The van der Waals surface area contributed by atoms with Gasteiger partial charge in [-0.25, -0.2) is 4.39 Å². The van der Waals surface area contributed by atoms with Gasteiger partial charge in [-0.1, -0.05) is 35.6 Å². The van der Waals surface area contributed by atoms with Crippen molar-refractivity contribution in [2.75, 3.05) is 6.61 Å². The van der Waals surface area contributed by atoms with Crippen LogP contribution in [0.1, 0.15) is 17.5 Å². The Morgan fingerprint density at radius 1 is 1.19 bits per heavy atom. The maximum absolute atomic E-state index is 13.3. The lowest BCUT2D eigenvalue weighted by Gasteiger charge is -2.24. The number of aromatic nitrogens is 3. The second kappa shape index (κ2) is 6.17. The molecular weight excluding hydrogens is 369 g/mol. The highest BCUT2D eigenvalue weighted by molar-refractivity contribution is 7.15. The third-order valence-corrected chi connectivity index (χ3v) is 5.10. The zero-order valence-electron chi connectivity index (χ0n) is 13.8. The predicted octanol–water partition coefficient (Wildman–Crippen LogP) is 2.35. The van der Waals surface area contributed by atoms with E-state index in [0.29, 0.717) is 32.4 Å². The molecule has 0 radical (unpaired) electrons. The zero-order valence-corrected chi connectivity index (χ0v) is 14.6. The Morgan fingerprint density at radius 3 is 2.85 bits per heavy atom. The van der Waals surface area contributed by atoms with Gasteiger partial charge >= 0.3 is 0 Å². The number of thiazole rings is 1. The molecule has 1 aliphatic heterocycles. The molecule has 0 fully saturated rings. The van der Waals surface area contributed by atoms with Crippen LogP contribution in [0, 0.1) is 5.82 Å². The molecule has 5 rings (SSSR count). The fraction of sp³-hybridized carbons (Fsp3) is 0.105. The molecule has 27 heavy (non-hydrogen) atoms. The van der Waals surface area contributed by atoms with Crippen molar-refractivity contribution in [1.29, 1.82) is 0 Å². The fourth-order valence-electron chi connectivity index (χ4n) is 2.88. The molecule has 1 atom stereocenters. The maximum Gasteiger partial charge on any atom is 0.291 e. The average molecular weight is 381 g/mol. The van der Waals surface area contributed by atoms with Crippen LogP contribution in [0.4, 0.5) is 4.39 Å². The second-order valence-corrected chi connectivity index (χ2v) is 7.01. The van der Waals surface area contributed by atoms with E-state index in [1.54, 1.807) is 18.2 Å². The quantitative estimate of drug-likeness (QED) is 0.533. The molecular formula is C19H12FN3O3S. The summed E-state index contributed by atoms with van der Waals surface area (Å²) >= 11 is 1.20. The van der Waals surface area contributed by atoms with Gasteiger partial charge < -0.3 is 9.47 Å². The van der Waals surface area contributed by atoms with Crippen molar-refractivity contribution >= 4 is 22.4 Å². The molecule has 0 spiro atoms. The number of benzene rings is 2. The third kappa shape index (κ3) is 2.83. The summed E-state index contributed by atoms with van der Waals surface area (Å²) < 4.78 is 26.6. The highest BCUT2D eigenvalue weighted by Crippen LogP contribution is 2.35. The van der Waals surface area contributed by atoms with Gasteiger partial charge in [0.25, 0.3) is 5.56 Å². The van der Waals surface area contributed by atoms with Crippen molar-refractivity contribution < 1.29 is 13.9 Å². The topological polar surface area (TPSA) is 65.7 Å². The molecule has 3 heterocycles. The second-order valence-electron chi connectivity index (χ2n) is 6.00. The van der Waals surface area contributed by atoms with Crippen molar-refractivity contribution in [3.05, 3.63) is 80.6 Å². The number of rotatable bonds is 2. The molecule has 134 valence electrons. The maximum atomic E-state index is 13.3. The van der Waals surface area contributed by atoms with Gasteiger partial charge in [0.2, 0.25) is 4.96 Å². The minimum Gasteiger partial charge on any atom is -0.485 e. The summed E-state index contributed by atoms with van der Waals surface area (Å²) in [6.07, 6.45) is 1.14. The Kier molecular flexibility index (Phi) is 3.64. The van der Waals surface area contributed by atoms with Crippen molar-refractivity contribution in [1.82, 2.24) is 14.6 Å². The summed E-state index contributed by atoms with van der Waals surface area (Å²) in [5, 5.41) is 4.29. The Bertz CT molecular complexity index is 1270. The van der Waals surface area contributed by atoms with Crippen LogP contribution < -0.4 is 19.6 Å². The highest BCUT2D eigenvalue weighted by atomic mass is 32.1. The Hall–Kier alpha value is -3.26. The smallest absolute Gasteiger partial charge is 0.291 e. The van der Waals surface area contributed by atoms with E-state index in [0.717, 1.165) is 0 Å². The van der Waals surface area contributed by atoms with Crippen molar-refractivity contribution in [2.45, 2.75) is 6.10 Å². The van der Waals surface area contributed by atoms with Crippen molar-refractivity contribution in [2.24, 2.45) is 0 Å². The average Bonchev–Trinajstić information content (AvgIpc) is 3.21. The standard InChI is InChI=1S/C19H12FN3O3S/c20-12-5-3-4-11(8-12)9-16-18(24)23-19(27-16)21-17(22-23)15-10-25-13-6-1-2-7-14(13)26-15/h1-9,15H,10H2/b16-9+/t15-/m1/s1. The number of fused-ring (bicyclic) bond motifs is 2. The van der Waals surface area contributed by atoms with Gasteiger partial charge in [-0.15, -0.1) is 5.10 Å². The summed E-state index contributed by atoms with van der Waals surface area (Å²) in [5.74, 6) is 1.33. The number of para-hydroxylation sites is 2. The van der Waals surface area contributed by atoms with Crippen LogP contribution in [-0.4, -0.2) is 21.2 Å². The van der Waals surface area contributed by atoms with Gasteiger partial charge in [0, 0.05) is 0 Å². The zero-order chi connectivity index (χ0) is 18.4. The predicted molar refractivity (Wildman–Crippen MR) is 97.6 cm³/mol. The lowest BCUT2D eigenvalue weighted by Crippen LogP contribution is -2.26. The molecule has 0 N–H and O–H groups in total. The van der Waals surface area contributed by atoms with E-state index >= 15 is 0 Å². The summed E-state index contributed by atoms with van der Waals surface area (Å²) in [7, 11) is 0. The first-order valence-corrected chi connectivity index (χ1v) is 9.04. The summed E-state index contributed by atoms with van der Waals surface area (Å²) in [6.45, 7) is 0.269. The van der Waals surface area contributed by atoms with Crippen LogP contribution in [0.15, 0.2) is 53.3 Å². The van der Waals surface area contributed by atoms with E-state index < -0.39 is 6.10 Å². The molecule has 8 heteroatoms. The minimum atomic E-state index is -0.484. The molecule has 6 nitrogen and oxygen atoms in total. The number of nitrogens with zero attached hydrogens (tertiary/aromatic N) is 3. The van der Waals surface area contributed by atoms with E-state index in [1.165, 1.54) is 28.0 Å². The number of halogens is 1. The van der Waals surface area contributed by atoms with E-state index in [-0.39, 0.29) is 18.0 Å². The van der Waals surface area contributed by atoms with E-state index in [2.05, 4.69) is 10.1 Å². The van der Waals surface area contributed by atoms with Crippen LogP contribution in [0.2, 0.25) is 0 Å². The van der Waals surface area contributed by atoms with Gasteiger partial charge in [0.15, 0.2) is 23.4 Å². The summed E-state index contributed by atoms with van der Waals surface area (Å²) in [6, 6.07) is 13.4. The van der Waals surface area contributed by atoms with Crippen LogP contribution in [0.25, 0.3) is 11.0 Å². The third-order valence-electron chi connectivity index (χ3n) is 4.14. The minimum absolute atomic E-state index is 0.269. The van der Waals surface area contributed by atoms with Crippen LogP contribution in [-0.2, 0) is 0 Å². The molecule has 0 bridgehead atoms. The molecule has 4 aromatic rings. The van der Waals surface area contributed by atoms with Crippen molar-refractivity contribution in [3.63, 3.8) is 0 Å². The molecule has 0 amide bonds. The number of hydrogen-bond donors (Lipinski definition) is 0. The summed E-state index contributed by atoms with van der Waals surface area (Å²) in [5.41, 5.74) is 0.313. The Morgan fingerprint density at radius 2 is 2.04 bits per heavy atom. The van der Waals surface area contributed by atoms with Gasteiger partial charge in [0.05, 0.1) is 4.53 Å². The van der Waals surface area contributed by atoms with E-state index in [9.17, 15) is 9.18 Å². The van der Waals surface area contributed by atoms with Gasteiger partial charge in [-0.05, 0) is 35.9 Å². The van der Waals surface area contributed by atoms with Gasteiger partial charge in [-0.3, -0.25) is 4.79 Å². The van der Waals surface area contributed by atoms with Gasteiger partial charge in [-0.2, -0.15) is 9.50 Å². The van der Waals surface area contributed by atoms with Crippen LogP contribution in [0.3, 0.4) is 0 Å². The van der Waals surface area contributed by atoms with E-state index in [1.807, 2.05) is 24.3 Å². The highest BCUT2D eigenvalue weighted by Gasteiger charge is 2.27. The first-order valence-electron chi connectivity index (χ1n) is 8.23. The molecule has 0 unspecified atom stereocenters. The number of ether oxygens (including phenoxy) is 2. The Labute approximate surface area is 156 Å². The molecule has 2 aromatic carbocycles. The molecule has 1 aliphatic rings. The first-order chi connectivity index (χ1) is 13.2. The monoisotopic (exact) mass is 381 g/mol. The normalized spacial score (nSPS) is 16.8. The van der Waals surface area contributed by atoms with E-state index in [4.69, 9.17) is 9.47 Å². The Balaban J connectivity index is 1.50. The van der Waals surface area contributed by atoms with Crippen LogP contribution >= 0.6 is 11.3 Å².